The maximum atomic E-state index is 6.34. The largest absolute Gasteiger partial charge is 0.490 e. The fourth-order valence-electron chi connectivity index (χ4n) is 4.40. The molecule has 0 spiro atoms. The van der Waals surface area contributed by atoms with Crippen LogP contribution in [0.4, 0.5) is 0 Å². The lowest BCUT2D eigenvalue weighted by atomic mass is 10.1. The van der Waals surface area contributed by atoms with E-state index in [4.69, 9.17) is 4.74 Å². The maximum absolute atomic E-state index is 6.34. The zero-order valence-corrected chi connectivity index (χ0v) is 19.4. The summed E-state index contributed by atoms with van der Waals surface area (Å²) in [5.41, 5.74) is 2.44. The van der Waals surface area contributed by atoms with Gasteiger partial charge in [0, 0.05) is 57.9 Å². The van der Waals surface area contributed by atoms with Crippen LogP contribution in [0.1, 0.15) is 50.7 Å². The molecule has 2 fully saturated rings. The van der Waals surface area contributed by atoms with E-state index in [2.05, 4.69) is 64.4 Å². The summed E-state index contributed by atoms with van der Waals surface area (Å²) in [5.74, 6) is 1.87. The number of benzene rings is 1. The second-order valence-corrected chi connectivity index (χ2v) is 8.76. The van der Waals surface area contributed by atoms with E-state index in [0.29, 0.717) is 18.7 Å². The highest BCUT2D eigenvalue weighted by atomic mass is 16.5. The minimum atomic E-state index is 0.372. The first-order valence-electron chi connectivity index (χ1n) is 11.8. The second-order valence-electron chi connectivity index (χ2n) is 8.76. The van der Waals surface area contributed by atoms with Crippen LogP contribution >= 0.6 is 0 Å². The Hall–Kier alpha value is -1.79. The number of guanidine groups is 1. The SMILES string of the molecule is CCN1CCN(C(C)CNC(=NC)NCc2ccc(C)cc2OC2CCCC2)CC1. The quantitative estimate of drug-likeness (QED) is 0.505. The van der Waals surface area contributed by atoms with Crippen molar-refractivity contribution in [1.82, 2.24) is 20.4 Å². The Morgan fingerprint density at radius 2 is 1.90 bits per heavy atom. The van der Waals surface area contributed by atoms with Crippen LogP contribution in [0.5, 0.6) is 5.75 Å². The van der Waals surface area contributed by atoms with Gasteiger partial charge in [-0.25, -0.2) is 0 Å². The van der Waals surface area contributed by atoms with Crippen LogP contribution in [0, 0.1) is 6.92 Å². The molecule has 0 aromatic heterocycles. The normalized spacial score (nSPS) is 20.3. The third kappa shape index (κ3) is 6.61. The van der Waals surface area contributed by atoms with Crippen LogP contribution < -0.4 is 15.4 Å². The van der Waals surface area contributed by atoms with Crippen molar-refractivity contribution in [3.63, 3.8) is 0 Å². The van der Waals surface area contributed by atoms with Gasteiger partial charge in [-0.15, -0.1) is 0 Å². The van der Waals surface area contributed by atoms with E-state index in [-0.39, 0.29) is 0 Å². The van der Waals surface area contributed by atoms with Gasteiger partial charge in [-0.05, 0) is 57.7 Å². The number of nitrogens with one attached hydrogen (secondary N) is 2. The number of piperazine rings is 1. The Bertz CT molecular complexity index is 678. The second kappa shape index (κ2) is 11.6. The van der Waals surface area contributed by atoms with Crippen LogP contribution in [0.3, 0.4) is 0 Å². The van der Waals surface area contributed by atoms with E-state index in [1.54, 1.807) is 0 Å². The molecule has 1 aromatic carbocycles. The van der Waals surface area contributed by atoms with Gasteiger partial charge in [0.05, 0.1) is 6.10 Å². The molecule has 6 nitrogen and oxygen atoms in total. The van der Waals surface area contributed by atoms with Gasteiger partial charge in [0.25, 0.3) is 0 Å². The van der Waals surface area contributed by atoms with Gasteiger partial charge in [0.1, 0.15) is 5.75 Å². The lowest BCUT2D eigenvalue weighted by molar-refractivity contribution is 0.107. The number of nitrogens with zero attached hydrogens (tertiary/aromatic N) is 3. The van der Waals surface area contributed by atoms with Crippen LogP contribution in [0.15, 0.2) is 23.2 Å². The van der Waals surface area contributed by atoms with Gasteiger partial charge in [-0.3, -0.25) is 9.89 Å². The Morgan fingerprint density at radius 3 is 2.57 bits per heavy atom. The van der Waals surface area contributed by atoms with E-state index >= 15 is 0 Å². The van der Waals surface area contributed by atoms with Crippen molar-refractivity contribution in [1.29, 1.82) is 0 Å². The third-order valence-electron chi connectivity index (χ3n) is 6.53. The monoisotopic (exact) mass is 415 g/mol. The van der Waals surface area contributed by atoms with Crippen molar-refractivity contribution in [2.45, 2.75) is 65.1 Å². The van der Waals surface area contributed by atoms with Crippen molar-refractivity contribution in [3.05, 3.63) is 29.3 Å². The zero-order valence-electron chi connectivity index (χ0n) is 19.4. The number of hydrogen-bond acceptors (Lipinski definition) is 4. The molecular formula is C24H41N5O. The molecule has 2 N–H and O–H groups in total. The Balaban J connectivity index is 1.48. The molecule has 1 aliphatic carbocycles. The van der Waals surface area contributed by atoms with E-state index in [1.165, 1.54) is 49.9 Å². The molecule has 1 aromatic rings. The molecule has 0 radical (unpaired) electrons. The number of hydrogen-bond donors (Lipinski definition) is 2. The lowest BCUT2D eigenvalue weighted by Gasteiger charge is -2.37. The molecule has 1 saturated heterocycles. The summed E-state index contributed by atoms with van der Waals surface area (Å²) in [6.45, 7) is 14.1. The predicted molar refractivity (Wildman–Crippen MR) is 125 cm³/mol. The smallest absolute Gasteiger partial charge is 0.191 e. The van der Waals surface area contributed by atoms with Gasteiger partial charge >= 0.3 is 0 Å². The minimum absolute atomic E-state index is 0.372. The molecule has 1 saturated carbocycles. The summed E-state index contributed by atoms with van der Waals surface area (Å²) in [6.07, 6.45) is 5.29. The van der Waals surface area contributed by atoms with E-state index in [1.807, 2.05) is 7.05 Å². The number of rotatable bonds is 8. The number of aryl methyl sites for hydroxylation is 1. The zero-order chi connectivity index (χ0) is 21.3. The van der Waals surface area contributed by atoms with Crippen molar-refractivity contribution < 1.29 is 4.74 Å². The average Bonchev–Trinajstić information content (AvgIpc) is 3.28. The standard InChI is InChI=1S/C24H41N5O/c1-5-28-12-14-29(15-13-28)20(3)17-26-24(25-4)27-18-21-11-10-19(2)16-23(21)30-22-8-6-7-9-22/h10-11,16,20,22H,5-9,12-15,17-18H2,1-4H3,(H2,25,26,27). The molecule has 0 amide bonds. The molecule has 30 heavy (non-hydrogen) atoms. The van der Waals surface area contributed by atoms with Crippen LogP contribution in [0.2, 0.25) is 0 Å². The fraction of sp³-hybridized carbons (Fsp3) is 0.708. The molecule has 1 aliphatic heterocycles. The summed E-state index contributed by atoms with van der Waals surface area (Å²) in [7, 11) is 1.84. The molecular weight excluding hydrogens is 374 g/mol. The fourth-order valence-corrected chi connectivity index (χ4v) is 4.40. The first-order chi connectivity index (χ1) is 14.6. The number of ether oxygens (including phenoxy) is 1. The number of aliphatic imine (C=N–C) groups is 1. The van der Waals surface area contributed by atoms with Gasteiger partial charge < -0.3 is 20.3 Å². The Kier molecular flexibility index (Phi) is 8.82. The van der Waals surface area contributed by atoms with E-state index in [0.717, 1.165) is 37.9 Å². The van der Waals surface area contributed by atoms with Crippen molar-refractivity contribution in [2.24, 2.45) is 4.99 Å². The molecule has 1 unspecified atom stereocenters. The van der Waals surface area contributed by atoms with Crippen molar-refractivity contribution in [3.8, 4) is 5.75 Å². The average molecular weight is 416 g/mol. The maximum Gasteiger partial charge on any atom is 0.191 e. The summed E-state index contributed by atoms with van der Waals surface area (Å²) < 4.78 is 6.34. The topological polar surface area (TPSA) is 52.1 Å². The first kappa shape index (κ1) is 22.9. The Labute approximate surface area is 183 Å². The molecule has 2 aliphatic rings. The molecule has 1 heterocycles. The molecule has 6 heteroatoms. The summed E-state index contributed by atoms with van der Waals surface area (Å²) in [4.78, 5) is 9.51. The molecule has 1 atom stereocenters. The van der Waals surface area contributed by atoms with E-state index < -0.39 is 0 Å². The van der Waals surface area contributed by atoms with Crippen LogP contribution in [0.25, 0.3) is 0 Å². The highest BCUT2D eigenvalue weighted by Gasteiger charge is 2.21. The van der Waals surface area contributed by atoms with Crippen LogP contribution in [-0.4, -0.2) is 74.2 Å². The number of likely N-dealkylation sites (N-methyl/N-ethyl adjacent to an activating group) is 1. The lowest BCUT2D eigenvalue weighted by Crippen LogP contribution is -2.53. The minimum Gasteiger partial charge on any atom is -0.490 e. The third-order valence-corrected chi connectivity index (χ3v) is 6.53. The van der Waals surface area contributed by atoms with Crippen molar-refractivity contribution in [2.75, 3.05) is 46.3 Å². The van der Waals surface area contributed by atoms with Gasteiger partial charge in [-0.1, -0.05) is 19.1 Å². The Morgan fingerprint density at radius 1 is 1.17 bits per heavy atom. The molecule has 3 rings (SSSR count). The highest BCUT2D eigenvalue weighted by molar-refractivity contribution is 5.79. The summed E-state index contributed by atoms with van der Waals surface area (Å²) in [6, 6.07) is 7.00. The summed E-state index contributed by atoms with van der Waals surface area (Å²) >= 11 is 0. The summed E-state index contributed by atoms with van der Waals surface area (Å²) in [5, 5.41) is 6.99. The molecule has 0 bridgehead atoms. The van der Waals surface area contributed by atoms with E-state index in [9.17, 15) is 0 Å². The molecule has 168 valence electrons. The van der Waals surface area contributed by atoms with Gasteiger partial charge in [0.15, 0.2) is 5.96 Å². The van der Waals surface area contributed by atoms with Gasteiger partial charge in [0.2, 0.25) is 0 Å². The van der Waals surface area contributed by atoms with Gasteiger partial charge in [-0.2, -0.15) is 0 Å². The predicted octanol–water partition coefficient (Wildman–Crippen LogP) is 3.01. The highest BCUT2D eigenvalue weighted by Crippen LogP contribution is 2.27. The first-order valence-corrected chi connectivity index (χ1v) is 11.8. The van der Waals surface area contributed by atoms with Crippen LogP contribution in [-0.2, 0) is 6.54 Å². The van der Waals surface area contributed by atoms with Crippen molar-refractivity contribution >= 4 is 5.96 Å².